The predicted molar refractivity (Wildman–Crippen MR) is 81.7 cm³/mol. The van der Waals surface area contributed by atoms with Crippen LogP contribution in [0.25, 0.3) is 10.9 Å². The van der Waals surface area contributed by atoms with Crippen LogP contribution in [0.4, 0.5) is 0 Å². The van der Waals surface area contributed by atoms with Crippen LogP contribution in [0.5, 0.6) is 5.88 Å². The Labute approximate surface area is 128 Å². The number of amides is 1. The lowest BCUT2D eigenvalue weighted by atomic mass is 10.0. The van der Waals surface area contributed by atoms with E-state index in [-0.39, 0.29) is 17.9 Å². The maximum Gasteiger partial charge on any atom is 0.228 e. The van der Waals surface area contributed by atoms with Crippen molar-refractivity contribution in [3.8, 4) is 5.88 Å². The molecule has 0 bridgehead atoms. The molecule has 1 aromatic carbocycles. The Morgan fingerprint density at radius 2 is 2.09 bits per heavy atom. The number of ether oxygens (including phenoxy) is 2. The number of nitrogens with zero attached hydrogens (tertiary/aromatic N) is 2. The number of benzene rings is 1. The van der Waals surface area contributed by atoms with Crippen molar-refractivity contribution < 1.29 is 14.3 Å². The topological polar surface area (TPSA) is 51.7 Å². The Hall–Kier alpha value is -2.14. The Bertz CT molecular complexity index is 691. The molecular formula is C17H18N2O3. The first-order valence-electron chi connectivity index (χ1n) is 7.68. The van der Waals surface area contributed by atoms with Crippen molar-refractivity contribution in [1.29, 1.82) is 0 Å². The van der Waals surface area contributed by atoms with Gasteiger partial charge in [-0.15, -0.1) is 0 Å². The van der Waals surface area contributed by atoms with Crippen molar-refractivity contribution in [2.45, 2.75) is 12.5 Å². The van der Waals surface area contributed by atoms with Crippen molar-refractivity contribution in [2.24, 2.45) is 5.92 Å². The highest BCUT2D eigenvalue weighted by atomic mass is 16.5. The Morgan fingerprint density at radius 1 is 1.23 bits per heavy atom. The van der Waals surface area contributed by atoms with E-state index in [1.807, 2.05) is 41.3 Å². The molecule has 2 fully saturated rings. The van der Waals surface area contributed by atoms with E-state index in [0.29, 0.717) is 32.2 Å². The van der Waals surface area contributed by atoms with Crippen LogP contribution >= 0.6 is 0 Å². The molecule has 4 rings (SSSR count). The van der Waals surface area contributed by atoms with Crippen molar-refractivity contribution in [3.63, 3.8) is 0 Å². The number of para-hydroxylation sites is 1. The molecule has 1 unspecified atom stereocenters. The van der Waals surface area contributed by atoms with Gasteiger partial charge in [-0.3, -0.25) is 4.79 Å². The number of carbonyl (C=O) groups is 1. The predicted octanol–water partition coefficient (Wildman–Crippen LogP) is 1.86. The molecule has 114 valence electrons. The fraction of sp³-hybridized carbons (Fsp3) is 0.412. The Kier molecular flexibility index (Phi) is 3.42. The SMILES string of the molecule is O=C(C1CCOC1)N1CC(Oc2ccc3ccccc3n2)C1. The second-order valence-electron chi connectivity index (χ2n) is 5.89. The molecule has 0 radical (unpaired) electrons. The highest BCUT2D eigenvalue weighted by molar-refractivity contribution is 5.80. The number of rotatable bonds is 3. The van der Waals surface area contributed by atoms with Gasteiger partial charge in [0.25, 0.3) is 0 Å². The first-order valence-corrected chi connectivity index (χ1v) is 7.68. The molecule has 2 aliphatic heterocycles. The zero-order valence-electron chi connectivity index (χ0n) is 12.3. The van der Waals surface area contributed by atoms with E-state index in [0.717, 1.165) is 17.3 Å². The number of carbonyl (C=O) groups excluding carboxylic acids is 1. The van der Waals surface area contributed by atoms with E-state index in [4.69, 9.17) is 9.47 Å². The quantitative estimate of drug-likeness (QED) is 0.868. The minimum Gasteiger partial charge on any atom is -0.471 e. The van der Waals surface area contributed by atoms with Gasteiger partial charge < -0.3 is 14.4 Å². The average molecular weight is 298 g/mol. The second kappa shape index (κ2) is 5.57. The summed E-state index contributed by atoms with van der Waals surface area (Å²) in [5, 5.41) is 1.10. The van der Waals surface area contributed by atoms with Crippen LogP contribution in [0.1, 0.15) is 6.42 Å². The zero-order chi connectivity index (χ0) is 14.9. The Morgan fingerprint density at radius 3 is 2.91 bits per heavy atom. The first kappa shape index (κ1) is 13.5. The van der Waals surface area contributed by atoms with Crippen molar-refractivity contribution in [3.05, 3.63) is 36.4 Å². The molecule has 1 amide bonds. The van der Waals surface area contributed by atoms with Crippen LogP contribution in [0.2, 0.25) is 0 Å². The normalized spacial score (nSPS) is 21.8. The van der Waals surface area contributed by atoms with Gasteiger partial charge in [0.15, 0.2) is 0 Å². The summed E-state index contributed by atoms with van der Waals surface area (Å²) in [5.41, 5.74) is 0.926. The summed E-state index contributed by atoms with van der Waals surface area (Å²) in [7, 11) is 0. The molecule has 0 saturated carbocycles. The third-order valence-corrected chi connectivity index (χ3v) is 4.30. The van der Waals surface area contributed by atoms with Crippen LogP contribution in [-0.2, 0) is 9.53 Å². The smallest absolute Gasteiger partial charge is 0.228 e. The number of aromatic nitrogens is 1. The largest absolute Gasteiger partial charge is 0.471 e. The standard InChI is InChI=1S/C17H18N2O3/c20-17(13-7-8-21-11-13)19-9-14(10-19)22-16-6-5-12-3-1-2-4-15(12)18-16/h1-6,13-14H,7-11H2. The molecule has 5 heteroatoms. The number of fused-ring (bicyclic) bond motifs is 1. The van der Waals surface area contributed by atoms with Gasteiger partial charge >= 0.3 is 0 Å². The van der Waals surface area contributed by atoms with Gasteiger partial charge in [-0.1, -0.05) is 18.2 Å². The summed E-state index contributed by atoms with van der Waals surface area (Å²) in [5.74, 6) is 0.864. The van der Waals surface area contributed by atoms with E-state index in [1.54, 1.807) is 0 Å². The molecule has 3 heterocycles. The molecule has 1 aromatic heterocycles. The lowest BCUT2D eigenvalue weighted by Crippen LogP contribution is -2.57. The van der Waals surface area contributed by atoms with E-state index in [1.165, 1.54) is 0 Å². The summed E-state index contributed by atoms with van der Waals surface area (Å²) < 4.78 is 11.1. The lowest BCUT2D eigenvalue weighted by molar-refractivity contribution is -0.144. The number of likely N-dealkylation sites (tertiary alicyclic amines) is 1. The highest BCUT2D eigenvalue weighted by Crippen LogP contribution is 2.23. The highest BCUT2D eigenvalue weighted by Gasteiger charge is 2.37. The van der Waals surface area contributed by atoms with Crippen LogP contribution in [0.15, 0.2) is 36.4 Å². The summed E-state index contributed by atoms with van der Waals surface area (Å²) >= 11 is 0. The fourth-order valence-electron chi connectivity index (χ4n) is 2.96. The lowest BCUT2D eigenvalue weighted by Gasteiger charge is -2.39. The van der Waals surface area contributed by atoms with Crippen LogP contribution < -0.4 is 4.74 Å². The fourth-order valence-corrected chi connectivity index (χ4v) is 2.96. The van der Waals surface area contributed by atoms with Crippen molar-refractivity contribution >= 4 is 16.8 Å². The van der Waals surface area contributed by atoms with Crippen molar-refractivity contribution in [2.75, 3.05) is 26.3 Å². The summed E-state index contributed by atoms with van der Waals surface area (Å²) in [6.07, 6.45) is 0.882. The molecule has 0 N–H and O–H groups in total. The van der Waals surface area contributed by atoms with Gasteiger partial charge in [0.05, 0.1) is 31.1 Å². The van der Waals surface area contributed by atoms with Crippen LogP contribution in [-0.4, -0.2) is 48.2 Å². The molecule has 2 saturated heterocycles. The van der Waals surface area contributed by atoms with Gasteiger partial charge in [0, 0.05) is 18.1 Å². The first-order chi connectivity index (χ1) is 10.8. The molecular weight excluding hydrogens is 280 g/mol. The summed E-state index contributed by atoms with van der Waals surface area (Å²) in [6.45, 7) is 2.55. The summed E-state index contributed by atoms with van der Waals surface area (Å²) in [4.78, 5) is 18.5. The zero-order valence-corrected chi connectivity index (χ0v) is 12.3. The second-order valence-corrected chi connectivity index (χ2v) is 5.89. The third-order valence-electron chi connectivity index (χ3n) is 4.30. The minimum atomic E-state index is 0.0414. The maximum absolute atomic E-state index is 12.2. The monoisotopic (exact) mass is 298 g/mol. The molecule has 1 atom stereocenters. The van der Waals surface area contributed by atoms with E-state index in [9.17, 15) is 4.79 Å². The van der Waals surface area contributed by atoms with Crippen LogP contribution in [0.3, 0.4) is 0 Å². The third kappa shape index (κ3) is 2.52. The molecule has 2 aromatic rings. The molecule has 22 heavy (non-hydrogen) atoms. The molecule has 0 aliphatic carbocycles. The molecule has 5 nitrogen and oxygen atoms in total. The maximum atomic E-state index is 12.2. The minimum absolute atomic E-state index is 0.0414. The summed E-state index contributed by atoms with van der Waals surface area (Å²) in [6, 6.07) is 11.9. The van der Waals surface area contributed by atoms with Gasteiger partial charge in [-0.2, -0.15) is 0 Å². The Balaban J connectivity index is 1.35. The van der Waals surface area contributed by atoms with Gasteiger partial charge in [-0.05, 0) is 18.6 Å². The van der Waals surface area contributed by atoms with E-state index >= 15 is 0 Å². The molecule has 2 aliphatic rings. The average Bonchev–Trinajstić information content (AvgIpc) is 3.04. The molecule has 0 spiro atoms. The van der Waals surface area contributed by atoms with E-state index in [2.05, 4.69) is 4.98 Å². The van der Waals surface area contributed by atoms with Crippen LogP contribution in [0, 0.1) is 5.92 Å². The number of hydrogen-bond acceptors (Lipinski definition) is 4. The number of hydrogen-bond donors (Lipinski definition) is 0. The van der Waals surface area contributed by atoms with Crippen molar-refractivity contribution in [1.82, 2.24) is 9.88 Å². The number of pyridine rings is 1. The van der Waals surface area contributed by atoms with Gasteiger partial charge in [-0.25, -0.2) is 4.98 Å². The van der Waals surface area contributed by atoms with E-state index < -0.39 is 0 Å². The van der Waals surface area contributed by atoms with Gasteiger partial charge in [0.1, 0.15) is 6.10 Å². The van der Waals surface area contributed by atoms with Gasteiger partial charge in [0.2, 0.25) is 11.8 Å².